The lowest BCUT2D eigenvalue weighted by atomic mass is 9.87. The highest BCUT2D eigenvalue weighted by Gasteiger charge is 2.23. The van der Waals surface area contributed by atoms with Crippen molar-refractivity contribution in [2.24, 2.45) is 34.8 Å². The number of hydrogen-bond donors (Lipinski definition) is 4. The summed E-state index contributed by atoms with van der Waals surface area (Å²) in [5.74, 6) is 2.17. The minimum atomic E-state index is -0.0341. The molecule has 316 valence electrons. The van der Waals surface area contributed by atoms with Gasteiger partial charge in [-0.05, 0) is 60.8 Å². The highest BCUT2D eigenvalue weighted by atomic mass is 16.5. The third-order valence-electron chi connectivity index (χ3n) is 12.6. The van der Waals surface area contributed by atoms with Gasteiger partial charge < -0.3 is 27.7 Å². The van der Waals surface area contributed by atoms with Crippen LogP contribution in [-0.4, -0.2) is 24.2 Å². The monoisotopic (exact) mass is 763 g/mol. The highest BCUT2D eigenvalue weighted by Crippen LogP contribution is 2.31. The van der Waals surface area contributed by atoms with Crippen molar-refractivity contribution in [1.29, 1.82) is 0 Å². The third kappa shape index (κ3) is 22.6. The van der Waals surface area contributed by atoms with Crippen molar-refractivity contribution in [2.75, 3.05) is 0 Å². The maximum atomic E-state index is 6.84. The predicted molar refractivity (Wildman–Crippen MR) is 242 cm³/mol. The van der Waals surface area contributed by atoms with Gasteiger partial charge in [0.05, 0.1) is 0 Å². The van der Waals surface area contributed by atoms with Gasteiger partial charge in [0.25, 0.3) is 0 Å². The lowest BCUT2D eigenvalue weighted by molar-refractivity contribution is 0.345. The Bertz CT molecular complexity index is 1080. The summed E-state index contributed by atoms with van der Waals surface area (Å²) in [6, 6.07) is 16.8. The summed E-state index contributed by atoms with van der Waals surface area (Å²) in [5.41, 5.74) is 29.4. The predicted octanol–water partition coefficient (Wildman–Crippen LogP) is 13.3. The molecule has 0 aromatic heterocycles. The van der Waals surface area contributed by atoms with Crippen LogP contribution < -0.4 is 27.7 Å². The molecule has 0 fully saturated rings. The van der Waals surface area contributed by atoms with Crippen LogP contribution in [0.2, 0.25) is 0 Å². The summed E-state index contributed by atoms with van der Waals surface area (Å²) >= 11 is 0. The second kappa shape index (κ2) is 32.1. The quantitative estimate of drug-likeness (QED) is 0.0516. The van der Waals surface area contributed by atoms with Gasteiger partial charge in [-0.3, -0.25) is 0 Å². The summed E-state index contributed by atoms with van der Waals surface area (Å²) in [6.45, 7) is 9.02. The number of benzene rings is 2. The number of hydrogen-bond acceptors (Lipinski definition) is 5. The van der Waals surface area contributed by atoms with E-state index in [4.69, 9.17) is 27.7 Å². The summed E-state index contributed by atoms with van der Waals surface area (Å²) in [7, 11) is 0. The van der Waals surface area contributed by atoms with Gasteiger partial charge in [-0.2, -0.15) is 0 Å². The first kappa shape index (κ1) is 49.2. The standard InChI is InChI=1S/C50H90N4O/c1-5-7-9-11-13-15-17-19-21-23-25-27-35-45(51)41(3)47(53)39-43-33-29-31-37-49(43)55-50-38-32-30-34-44(50)40-48(54)42(4)46(52)36-28-26-24-22-20-18-16-14-12-10-8-6-2/h29-34,37-38,41-42,45-48H,5-28,35-36,39-40,51-54H2,1-4H3. The molecule has 0 aliphatic rings. The van der Waals surface area contributed by atoms with E-state index in [0.29, 0.717) is 0 Å². The van der Waals surface area contributed by atoms with Crippen LogP contribution in [0.15, 0.2) is 48.5 Å². The molecular weight excluding hydrogens is 673 g/mol. The Morgan fingerprint density at radius 3 is 0.964 bits per heavy atom. The van der Waals surface area contributed by atoms with Crippen molar-refractivity contribution in [3.05, 3.63) is 59.7 Å². The molecule has 0 saturated carbocycles. The van der Waals surface area contributed by atoms with Crippen LogP contribution in [0, 0.1) is 11.8 Å². The van der Waals surface area contributed by atoms with Crippen LogP contribution >= 0.6 is 0 Å². The van der Waals surface area contributed by atoms with E-state index in [-0.39, 0.29) is 36.0 Å². The van der Waals surface area contributed by atoms with Crippen molar-refractivity contribution in [1.82, 2.24) is 0 Å². The molecule has 0 aliphatic carbocycles. The average molecular weight is 763 g/mol. The first-order valence-corrected chi connectivity index (χ1v) is 23.6. The molecule has 6 unspecified atom stereocenters. The second-order valence-electron chi connectivity index (χ2n) is 17.5. The van der Waals surface area contributed by atoms with Crippen LogP contribution in [0.1, 0.15) is 206 Å². The number of nitrogens with two attached hydrogens (primary N) is 4. The first-order chi connectivity index (χ1) is 26.8. The molecule has 5 heteroatoms. The fourth-order valence-corrected chi connectivity index (χ4v) is 8.15. The zero-order valence-electron chi connectivity index (χ0n) is 36.6. The minimum absolute atomic E-state index is 0.0341. The van der Waals surface area contributed by atoms with Gasteiger partial charge in [0.1, 0.15) is 11.5 Å². The van der Waals surface area contributed by atoms with Gasteiger partial charge in [-0.1, -0.05) is 218 Å². The van der Waals surface area contributed by atoms with E-state index in [1.807, 2.05) is 12.1 Å². The van der Waals surface area contributed by atoms with E-state index in [1.165, 1.54) is 154 Å². The Labute approximate surface area is 341 Å². The smallest absolute Gasteiger partial charge is 0.130 e. The van der Waals surface area contributed by atoms with E-state index in [9.17, 15) is 0 Å². The van der Waals surface area contributed by atoms with Crippen molar-refractivity contribution in [3.63, 3.8) is 0 Å². The van der Waals surface area contributed by atoms with Gasteiger partial charge in [-0.25, -0.2) is 0 Å². The van der Waals surface area contributed by atoms with E-state index in [0.717, 1.165) is 48.3 Å². The normalized spacial score (nSPS) is 15.1. The molecule has 0 spiro atoms. The maximum Gasteiger partial charge on any atom is 0.130 e. The van der Waals surface area contributed by atoms with Crippen LogP contribution in [0.4, 0.5) is 0 Å². The Hall–Kier alpha value is -1.92. The molecule has 8 N–H and O–H groups in total. The molecule has 0 heterocycles. The molecule has 0 bridgehead atoms. The number of ether oxygens (including phenoxy) is 1. The van der Waals surface area contributed by atoms with Crippen molar-refractivity contribution < 1.29 is 4.74 Å². The van der Waals surface area contributed by atoms with Crippen LogP contribution in [0.3, 0.4) is 0 Å². The van der Waals surface area contributed by atoms with Crippen LogP contribution in [-0.2, 0) is 12.8 Å². The molecule has 0 radical (unpaired) electrons. The van der Waals surface area contributed by atoms with Crippen molar-refractivity contribution >= 4 is 0 Å². The third-order valence-corrected chi connectivity index (χ3v) is 12.6. The molecule has 55 heavy (non-hydrogen) atoms. The zero-order valence-corrected chi connectivity index (χ0v) is 36.6. The summed E-state index contributed by atoms with van der Waals surface area (Å²) in [4.78, 5) is 0. The van der Waals surface area contributed by atoms with E-state index < -0.39 is 0 Å². The summed E-state index contributed by atoms with van der Waals surface area (Å²) in [5, 5.41) is 0. The molecular formula is C50H90N4O. The number of unbranched alkanes of at least 4 members (excludes halogenated alkanes) is 22. The SMILES string of the molecule is CCCCCCCCCCCCCCC(N)C(C)C(N)Cc1ccccc1Oc1ccccc1CC(N)C(C)C(N)CCCCCCCCCCCCCC. The molecule has 2 aromatic carbocycles. The fourth-order valence-electron chi connectivity index (χ4n) is 8.15. The molecule has 5 nitrogen and oxygen atoms in total. The summed E-state index contributed by atoms with van der Waals surface area (Å²) in [6.07, 6.45) is 36.2. The van der Waals surface area contributed by atoms with Crippen molar-refractivity contribution in [3.8, 4) is 11.5 Å². The van der Waals surface area contributed by atoms with Gasteiger partial charge in [0.15, 0.2) is 0 Å². The van der Waals surface area contributed by atoms with Gasteiger partial charge >= 0.3 is 0 Å². The van der Waals surface area contributed by atoms with Gasteiger partial charge in [0.2, 0.25) is 0 Å². The second-order valence-corrected chi connectivity index (χ2v) is 17.5. The number of para-hydroxylation sites is 2. The highest BCUT2D eigenvalue weighted by molar-refractivity contribution is 5.42. The Kier molecular flexibility index (Phi) is 28.7. The first-order valence-electron chi connectivity index (χ1n) is 23.6. The Balaban J connectivity index is 1.74. The molecule has 0 amide bonds. The van der Waals surface area contributed by atoms with Crippen molar-refractivity contribution in [2.45, 2.75) is 232 Å². The topological polar surface area (TPSA) is 113 Å². The van der Waals surface area contributed by atoms with E-state index >= 15 is 0 Å². The lowest BCUT2D eigenvalue weighted by Crippen LogP contribution is -2.42. The van der Waals surface area contributed by atoms with Crippen LogP contribution in [0.25, 0.3) is 0 Å². The molecule has 0 aliphatic heterocycles. The molecule has 6 atom stereocenters. The molecule has 0 saturated heterocycles. The lowest BCUT2D eigenvalue weighted by Gasteiger charge is -2.27. The average Bonchev–Trinajstić information content (AvgIpc) is 3.19. The number of rotatable bonds is 36. The zero-order chi connectivity index (χ0) is 39.9. The van der Waals surface area contributed by atoms with E-state index in [2.05, 4.69) is 64.1 Å². The Morgan fingerprint density at radius 2 is 0.655 bits per heavy atom. The molecule has 2 rings (SSSR count). The van der Waals surface area contributed by atoms with Gasteiger partial charge in [0, 0.05) is 24.2 Å². The fraction of sp³-hybridized carbons (Fsp3) is 0.760. The van der Waals surface area contributed by atoms with E-state index in [1.54, 1.807) is 0 Å². The largest absolute Gasteiger partial charge is 0.457 e. The Morgan fingerprint density at radius 1 is 0.382 bits per heavy atom. The minimum Gasteiger partial charge on any atom is -0.457 e. The van der Waals surface area contributed by atoms with Gasteiger partial charge in [-0.15, -0.1) is 0 Å². The maximum absolute atomic E-state index is 6.84. The molecule has 2 aromatic rings. The van der Waals surface area contributed by atoms with Crippen LogP contribution in [0.5, 0.6) is 11.5 Å². The summed E-state index contributed by atoms with van der Waals surface area (Å²) < 4.78 is 6.65.